The van der Waals surface area contributed by atoms with E-state index in [-0.39, 0.29) is 0 Å². The van der Waals surface area contributed by atoms with Gasteiger partial charge >= 0.3 is 0 Å². The summed E-state index contributed by atoms with van der Waals surface area (Å²) in [4.78, 5) is 13.3. The first-order chi connectivity index (χ1) is 8.33. The Bertz CT molecular complexity index is 539. The third kappa shape index (κ3) is 2.21. The molecule has 86 valence electrons. The molecule has 0 spiro atoms. The van der Waals surface area contributed by atoms with E-state index in [1.807, 2.05) is 18.3 Å². The van der Waals surface area contributed by atoms with Crippen molar-refractivity contribution in [2.75, 3.05) is 6.54 Å². The van der Waals surface area contributed by atoms with Gasteiger partial charge in [-0.2, -0.15) is 0 Å². The van der Waals surface area contributed by atoms with Gasteiger partial charge in [-0.05, 0) is 28.1 Å². The fourth-order valence-electron chi connectivity index (χ4n) is 1.87. The van der Waals surface area contributed by atoms with Gasteiger partial charge in [0.1, 0.15) is 5.69 Å². The summed E-state index contributed by atoms with van der Waals surface area (Å²) in [5.74, 6) is 0.707. The van der Waals surface area contributed by atoms with E-state index in [9.17, 15) is 0 Å². The predicted molar refractivity (Wildman–Crippen MR) is 68.4 cm³/mol. The average Bonchev–Trinajstić information content (AvgIpc) is 2.39. The molecule has 4 nitrogen and oxygen atoms in total. The molecule has 3 heterocycles. The molecule has 1 aliphatic rings. The molecule has 0 aliphatic carbocycles. The van der Waals surface area contributed by atoms with Gasteiger partial charge in [0.25, 0.3) is 0 Å². The summed E-state index contributed by atoms with van der Waals surface area (Å²) in [7, 11) is 0. The van der Waals surface area contributed by atoms with Crippen LogP contribution in [0, 0.1) is 0 Å². The van der Waals surface area contributed by atoms with Crippen LogP contribution in [0.2, 0.25) is 0 Å². The summed E-state index contributed by atoms with van der Waals surface area (Å²) in [5, 5.41) is 3.31. The van der Waals surface area contributed by atoms with Crippen LogP contribution >= 0.6 is 15.9 Å². The molecule has 2 aromatic rings. The van der Waals surface area contributed by atoms with Crippen molar-refractivity contribution in [3.63, 3.8) is 0 Å². The van der Waals surface area contributed by atoms with Crippen molar-refractivity contribution in [3.05, 3.63) is 40.3 Å². The second kappa shape index (κ2) is 4.50. The van der Waals surface area contributed by atoms with Crippen LogP contribution in [0.1, 0.15) is 11.3 Å². The van der Waals surface area contributed by atoms with Gasteiger partial charge in [-0.1, -0.05) is 0 Å². The first-order valence-electron chi connectivity index (χ1n) is 5.50. The quantitative estimate of drug-likeness (QED) is 0.872. The molecule has 0 bridgehead atoms. The first kappa shape index (κ1) is 10.8. The maximum Gasteiger partial charge on any atom is 0.178 e. The molecular weight excluding hydrogens is 280 g/mol. The number of pyridine rings is 1. The van der Waals surface area contributed by atoms with E-state index in [0.717, 1.165) is 35.4 Å². The Labute approximate surface area is 108 Å². The highest BCUT2D eigenvalue weighted by molar-refractivity contribution is 9.10. The minimum Gasteiger partial charge on any atom is -0.312 e. The zero-order valence-electron chi connectivity index (χ0n) is 9.15. The monoisotopic (exact) mass is 290 g/mol. The summed E-state index contributed by atoms with van der Waals surface area (Å²) in [6, 6.07) is 3.87. The van der Waals surface area contributed by atoms with Crippen molar-refractivity contribution in [2.24, 2.45) is 0 Å². The molecule has 0 radical (unpaired) electrons. The van der Waals surface area contributed by atoms with E-state index in [1.165, 1.54) is 5.56 Å². The van der Waals surface area contributed by atoms with E-state index in [0.29, 0.717) is 5.82 Å². The number of fused-ring (bicyclic) bond motifs is 1. The number of halogens is 1. The van der Waals surface area contributed by atoms with Crippen LogP contribution in [-0.4, -0.2) is 21.5 Å². The van der Waals surface area contributed by atoms with E-state index >= 15 is 0 Å². The highest BCUT2D eigenvalue weighted by Gasteiger charge is 2.12. The topological polar surface area (TPSA) is 50.7 Å². The lowest BCUT2D eigenvalue weighted by Crippen LogP contribution is -2.25. The third-order valence-corrected chi connectivity index (χ3v) is 3.23. The molecule has 0 fully saturated rings. The molecule has 0 amide bonds. The molecule has 5 heteroatoms. The maximum absolute atomic E-state index is 4.58. The summed E-state index contributed by atoms with van der Waals surface area (Å²) in [6.45, 7) is 1.85. The van der Waals surface area contributed by atoms with E-state index in [4.69, 9.17) is 0 Å². The number of hydrogen-bond donors (Lipinski definition) is 1. The summed E-state index contributed by atoms with van der Waals surface area (Å²) >= 11 is 3.37. The zero-order valence-corrected chi connectivity index (χ0v) is 10.7. The SMILES string of the molecule is Brc1ccc(-c2ncc3c(n2)CCNC3)nc1. The van der Waals surface area contributed by atoms with Crippen molar-refractivity contribution < 1.29 is 0 Å². The lowest BCUT2D eigenvalue weighted by atomic mass is 10.1. The summed E-state index contributed by atoms with van der Waals surface area (Å²) in [6.07, 6.45) is 4.62. The molecule has 1 N–H and O–H groups in total. The minimum absolute atomic E-state index is 0.707. The van der Waals surface area contributed by atoms with Crippen LogP contribution < -0.4 is 5.32 Å². The van der Waals surface area contributed by atoms with Gasteiger partial charge < -0.3 is 5.32 Å². The van der Waals surface area contributed by atoms with Crippen LogP contribution in [0.5, 0.6) is 0 Å². The second-order valence-corrected chi connectivity index (χ2v) is 4.87. The second-order valence-electron chi connectivity index (χ2n) is 3.95. The lowest BCUT2D eigenvalue weighted by molar-refractivity contribution is 0.626. The summed E-state index contributed by atoms with van der Waals surface area (Å²) < 4.78 is 0.961. The fourth-order valence-corrected chi connectivity index (χ4v) is 2.10. The Morgan fingerprint density at radius 3 is 2.94 bits per heavy atom. The molecule has 0 saturated heterocycles. The molecule has 0 unspecified atom stereocenters. The van der Waals surface area contributed by atoms with Gasteiger partial charge in [0.2, 0.25) is 0 Å². The predicted octanol–water partition coefficient (Wildman–Crippen LogP) is 1.95. The number of nitrogens with zero attached hydrogens (tertiary/aromatic N) is 3. The Morgan fingerprint density at radius 1 is 1.18 bits per heavy atom. The van der Waals surface area contributed by atoms with Crippen LogP contribution in [-0.2, 0) is 13.0 Å². The summed E-state index contributed by atoms with van der Waals surface area (Å²) in [5.41, 5.74) is 3.14. The molecule has 2 aromatic heterocycles. The number of aromatic nitrogens is 3. The van der Waals surface area contributed by atoms with Crippen molar-refractivity contribution in [2.45, 2.75) is 13.0 Å². The average molecular weight is 291 g/mol. The van der Waals surface area contributed by atoms with Crippen LogP contribution in [0.4, 0.5) is 0 Å². The van der Waals surface area contributed by atoms with E-state index in [2.05, 4.69) is 36.2 Å². The van der Waals surface area contributed by atoms with E-state index in [1.54, 1.807) is 6.20 Å². The largest absolute Gasteiger partial charge is 0.312 e. The first-order valence-corrected chi connectivity index (χ1v) is 6.30. The van der Waals surface area contributed by atoms with Gasteiger partial charge in [-0.25, -0.2) is 9.97 Å². The Kier molecular flexibility index (Phi) is 2.86. The molecular formula is C12H11BrN4. The number of nitrogens with one attached hydrogen (secondary N) is 1. The van der Waals surface area contributed by atoms with Crippen LogP contribution in [0.15, 0.2) is 29.0 Å². The van der Waals surface area contributed by atoms with Crippen molar-refractivity contribution >= 4 is 15.9 Å². The smallest absolute Gasteiger partial charge is 0.178 e. The molecule has 1 aliphatic heterocycles. The van der Waals surface area contributed by atoms with Crippen molar-refractivity contribution in [1.82, 2.24) is 20.3 Å². The van der Waals surface area contributed by atoms with Gasteiger partial charge in [-0.3, -0.25) is 4.98 Å². The lowest BCUT2D eigenvalue weighted by Gasteiger charge is -2.15. The van der Waals surface area contributed by atoms with Gasteiger partial charge in [0.15, 0.2) is 5.82 Å². The van der Waals surface area contributed by atoms with Gasteiger partial charge in [0, 0.05) is 41.9 Å². The fraction of sp³-hybridized carbons (Fsp3) is 0.250. The maximum atomic E-state index is 4.58. The highest BCUT2D eigenvalue weighted by atomic mass is 79.9. The molecule has 3 rings (SSSR count). The third-order valence-electron chi connectivity index (χ3n) is 2.76. The van der Waals surface area contributed by atoms with E-state index < -0.39 is 0 Å². The number of hydrogen-bond acceptors (Lipinski definition) is 4. The van der Waals surface area contributed by atoms with Crippen LogP contribution in [0.25, 0.3) is 11.5 Å². The Balaban J connectivity index is 2.01. The molecule has 0 aromatic carbocycles. The van der Waals surface area contributed by atoms with Gasteiger partial charge in [0.05, 0.1) is 5.69 Å². The standard InChI is InChI=1S/C12H11BrN4/c13-9-1-2-11(15-7-9)12-16-6-8-5-14-4-3-10(8)17-12/h1-2,6-7,14H,3-5H2. The normalized spacial score (nSPS) is 14.4. The molecule has 0 saturated carbocycles. The van der Waals surface area contributed by atoms with Crippen molar-refractivity contribution in [1.29, 1.82) is 0 Å². The number of rotatable bonds is 1. The molecule has 0 atom stereocenters. The van der Waals surface area contributed by atoms with Crippen molar-refractivity contribution in [3.8, 4) is 11.5 Å². The highest BCUT2D eigenvalue weighted by Crippen LogP contribution is 2.18. The van der Waals surface area contributed by atoms with Gasteiger partial charge in [-0.15, -0.1) is 0 Å². The Morgan fingerprint density at radius 2 is 2.12 bits per heavy atom. The van der Waals surface area contributed by atoms with Crippen LogP contribution in [0.3, 0.4) is 0 Å². The molecule has 17 heavy (non-hydrogen) atoms. The Hall–Kier alpha value is -1.33. The minimum atomic E-state index is 0.707. The zero-order chi connectivity index (χ0) is 11.7.